The van der Waals surface area contributed by atoms with Crippen molar-refractivity contribution in [1.82, 2.24) is 0 Å². The number of alkyl halides is 1. The van der Waals surface area contributed by atoms with E-state index in [1.165, 1.54) is 12.1 Å². The van der Waals surface area contributed by atoms with E-state index in [2.05, 4.69) is 15.9 Å². The summed E-state index contributed by atoms with van der Waals surface area (Å²) in [7, 11) is 0. The lowest BCUT2D eigenvalue weighted by atomic mass is 9.91. The molecule has 1 fully saturated rings. The summed E-state index contributed by atoms with van der Waals surface area (Å²) in [4.78, 5) is 0. The van der Waals surface area contributed by atoms with Gasteiger partial charge in [-0.15, -0.1) is 0 Å². The standard InChI is InChI=1S/C12H14BrF2N/c13-11-4-3-10(14)5-8(11)6-12(15,7-16)9-1-2-9/h3-5,9H,1-2,6-7,16H2. The van der Waals surface area contributed by atoms with E-state index in [0.717, 1.165) is 17.3 Å². The first kappa shape index (κ1) is 12.0. The molecule has 1 aliphatic carbocycles. The van der Waals surface area contributed by atoms with Gasteiger partial charge in [0.1, 0.15) is 11.5 Å². The number of benzene rings is 1. The van der Waals surface area contributed by atoms with Gasteiger partial charge in [-0.05, 0) is 42.5 Å². The molecule has 88 valence electrons. The molecule has 4 heteroatoms. The lowest BCUT2D eigenvalue weighted by Gasteiger charge is -2.24. The van der Waals surface area contributed by atoms with Crippen molar-refractivity contribution in [3.8, 4) is 0 Å². The molecule has 1 aliphatic rings. The maximum Gasteiger partial charge on any atom is 0.130 e. The van der Waals surface area contributed by atoms with Crippen LogP contribution in [0.1, 0.15) is 18.4 Å². The topological polar surface area (TPSA) is 26.0 Å². The van der Waals surface area contributed by atoms with Crippen molar-refractivity contribution in [3.63, 3.8) is 0 Å². The molecule has 0 bridgehead atoms. The molecule has 1 nitrogen and oxygen atoms in total. The van der Waals surface area contributed by atoms with Gasteiger partial charge in [0, 0.05) is 17.4 Å². The number of hydrogen-bond donors (Lipinski definition) is 1. The monoisotopic (exact) mass is 289 g/mol. The Labute approximate surface area is 102 Å². The third-order valence-corrected chi connectivity index (χ3v) is 3.91. The van der Waals surface area contributed by atoms with Crippen molar-refractivity contribution >= 4 is 15.9 Å². The molecule has 16 heavy (non-hydrogen) atoms. The average Bonchev–Trinajstić information content (AvgIpc) is 3.07. The van der Waals surface area contributed by atoms with Gasteiger partial charge in [-0.2, -0.15) is 0 Å². The predicted octanol–water partition coefficient (Wildman–Crippen LogP) is 3.21. The van der Waals surface area contributed by atoms with E-state index in [-0.39, 0.29) is 24.7 Å². The Morgan fingerprint density at radius 1 is 1.44 bits per heavy atom. The van der Waals surface area contributed by atoms with E-state index in [4.69, 9.17) is 5.73 Å². The number of nitrogens with two attached hydrogens (primary N) is 1. The van der Waals surface area contributed by atoms with E-state index in [0.29, 0.717) is 5.56 Å². The minimum atomic E-state index is -1.38. The van der Waals surface area contributed by atoms with Crippen molar-refractivity contribution in [2.24, 2.45) is 11.7 Å². The predicted molar refractivity (Wildman–Crippen MR) is 63.4 cm³/mol. The molecule has 0 spiro atoms. The van der Waals surface area contributed by atoms with Gasteiger partial charge >= 0.3 is 0 Å². The molecule has 1 aromatic rings. The summed E-state index contributed by atoms with van der Waals surface area (Å²) in [5, 5.41) is 0. The van der Waals surface area contributed by atoms with Crippen LogP contribution < -0.4 is 5.73 Å². The van der Waals surface area contributed by atoms with Crippen molar-refractivity contribution in [2.45, 2.75) is 24.9 Å². The maximum atomic E-state index is 14.4. The fourth-order valence-corrected chi connectivity index (χ4v) is 2.37. The molecule has 1 atom stereocenters. The molecule has 0 saturated heterocycles. The highest BCUT2D eigenvalue weighted by Gasteiger charge is 2.45. The van der Waals surface area contributed by atoms with Crippen LogP contribution in [0.3, 0.4) is 0 Å². The second-order valence-electron chi connectivity index (χ2n) is 4.43. The highest BCUT2D eigenvalue weighted by Crippen LogP contribution is 2.44. The van der Waals surface area contributed by atoms with E-state index in [1.54, 1.807) is 6.07 Å². The van der Waals surface area contributed by atoms with Gasteiger partial charge in [0.15, 0.2) is 0 Å². The summed E-state index contributed by atoms with van der Waals surface area (Å²) in [5.41, 5.74) is 4.77. The summed E-state index contributed by atoms with van der Waals surface area (Å²) >= 11 is 3.31. The molecule has 0 heterocycles. The Bertz CT molecular complexity index is 393. The molecule has 0 amide bonds. The average molecular weight is 290 g/mol. The molecule has 0 radical (unpaired) electrons. The fraction of sp³-hybridized carbons (Fsp3) is 0.500. The lowest BCUT2D eigenvalue weighted by molar-refractivity contribution is 0.142. The van der Waals surface area contributed by atoms with E-state index in [1.807, 2.05) is 0 Å². The molecule has 2 N–H and O–H groups in total. The van der Waals surface area contributed by atoms with Crippen LogP contribution in [0.25, 0.3) is 0 Å². The van der Waals surface area contributed by atoms with Gasteiger partial charge < -0.3 is 5.73 Å². The summed E-state index contributed by atoms with van der Waals surface area (Å²) < 4.78 is 28.2. The smallest absolute Gasteiger partial charge is 0.130 e. The first-order valence-electron chi connectivity index (χ1n) is 5.38. The summed E-state index contributed by atoms with van der Waals surface area (Å²) in [6.07, 6.45) is 1.97. The van der Waals surface area contributed by atoms with Crippen LogP contribution in [-0.2, 0) is 6.42 Å². The zero-order valence-electron chi connectivity index (χ0n) is 8.85. The molecular weight excluding hydrogens is 276 g/mol. The van der Waals surface area contributed by atoms with Crippen LogP contribution >= 0.6 is 15.9 Å². The number of hydrogen-bond acceptors (Lipinski definition) is 1. The molecule has 0 aromatic heterocycles. The third-order valence-electron chi connectivity index (χ3n) is 3.14. The minimum absolute atomic E-state index is 0.000615. The molecular formula is C12H14BrF2N. The van der Waals surface area contributed by atoms with Crippen molar-refractivity contribution < 1.29 is 8.78 Å². The van der Waals surface area contributed by atoms with Crippen LogP contribution in [0.4, 0.5) is 8.78 Å². The van der Waals surface area contributed by atoms with Crippen LogP contribution in [0, 0.1) is 11.7 Å². The Kier molecular flexibility index (Phi) is 3.31. The zero-order valence-corrected chi connectivity index (χ0v) is 10.4. The molecule has 1 aromatic carbocycles. The van der Waals surface area contributed by atoms with Crippen molar-refractivity contribution in [2.75, 3.05) is 6.54 Å². The second kappa shape index (κ2) is 4.41. The van der Waals surface area contributed by atoms with Gasteiger partial charge in [0.25, 0.3) is 0 Å². The van der Waals surface area contributed by atoms with Gasteiger partial charge in [0.05, 0.1) is 0 Å². The first-order valence-corrected chi connectivity index (χ1v) is 6.17. The Balaban J connectivity index is 2.21. The normalized spacial score (nSPS) is 19.5. The fourth-order valence-electron chi connectivity index (χ4n) is 1.98. The van der Waals surface area contributed by atoms with Crippen molar-refractivity contribution in [3.05, 3.63) is 34.1 Å². The maximum absolute atomic E-state index is 14.4. The molecule has 1 unspecified atom stereocenters. The largest absolute Gasteiger partial charge is 0.328 e. The number of halogens is 3. The van der Waals surface area contributed by atoms with Gasteiger partial charge in [-0.25, -0.2) is 8.78 Å². The Morgan fingerprint density at radius 2 is 2.12 bits per heavy atom. The Morgan fingerprint density at radius 3 is 2.69 bits per heavy atom. The van der Waals surface area contributed by atoms with Crippen LogP contribution in [0.15, 0.2) is 22.7 Å². The summed E-state index contributed by atoms with van der Waals surface area (Å²) in [6.45, 7) is 0.000615. The second-order valence-corrected chi connectivity index (χ2v) is 5.28. The summed E-state index contributed by atoms with van der Waals surface area (Å²) in [6, 6.07) is 4.33. The highest BCUT2D eigenvalue weighted by atomic mass is 79.9. The third kappa shape index (κ3) is 2.43. The van der Waals surface area contributed by atoms with Crippen molar-refractivity contribution in [1.29, 1.82) is 0 Å². The Hall–Kier alpha value is -0.480. The van der Waals surface area contributed by atoms with Gasteiger partial charge in [-0.1, -0.05) is 15.9 Å². The van der Waals surface area contributed by atoms with Crippen LogP contribution in [0.2, 0.25) is 0 Å². The van der Waals surface area contributed by atoms with E-state index < -0.39 is 5.67 Å². The molecule has 0 aliphatic heterocycles. The van der Waals surface area contributed by atoms with Crippen LogP contribution in [0.5, 0.6) is 0 Å². The quantitative estimate of drug-likeness (QED) is 0.905. The van der Waals surface area contributed by atoms with Crippen LogP contribution in [-0.4, -0.2) is 12.2 Å². The highest BCUT2D eigenvalue weighted by molar-refractivity contribution is 9.10. The molecule has 1 saturated carbocycles. The summed E-state index contributed by atoms with van der Waals surface area (Å²) in [5.74, 6) is -0.291. The zero-order chi connectivity index (χ0) is 11.8. The van der Waals surface area contributed by atoms with E-state index >= 15 is 0 Å². The van der Waals surface area contributed by atoms with E-state index in [9.17, 15) is 8.78 Å². The first-order chi connectivity index (χ1) is 7.55. The van der Waals surface area contributed by atoms with Gasteiger partial charge in [0.2, 0.25) is 0 Å². The SMILES string of the molecule is NCC(F)(Cc1cc(F)ccc1Br)C1CC1. The molecule has 2 rings (SSSR count). The lowest BCUT2D eigenvalue weighted by Crippen LogP contribution is -2.37. The minimum Gasteiger partial charge on any atom is -0.328 e. The van der Waals surface area contributed by atoms with Gasteiger partial charge in [-0.3, -0.25) is 0 Å². The number of rotatable bonds is 4.